The predicted octanol–water partition coefficient (Wildman–Crippen LogP) is 3.91. The number of hydrogen-bond acceptors (Lipinski definition) is 2. The number of carbonyl (C=O) groups is 1. The highest BCUT2D eigenvalue weighted by atomic mass is 35.5. The number of rotatable bonds is 5. The number of para-hydroxylation sites is 1. The van der Waals surface area contributed by atoms with Crippen LogP contribution in [-0.4, -0.2) is 32.0 Å². The molecular weight excluding hydrogens is 372 g/mol. The SMILES string of the molecule is CN=C(NCC1CC(=O)Nc2ccccc21)NCC(C)(C)c1ccccc1Cl. The Hall–Kier alpha value is -2.53. The molecule has 0 radical (unpaired) electrons. The molecular formula is C22H27ClN4O. The molecule has 148 valence electrons. The molecule has 1 atom stereocenters. The molecule has 0 bridgehead atoms. The van der Waals surface area contributed by atoms with E-state index in [0.717, 1.165) is 21.8 Å². The molecule has 0 fully saturated rings. The number of nitrogens with zero attached hydrogens (tertiary/aromatic N) is 1. The van der Waals surface area contributed by atoms with Crippen LogP contribution < -0.4 is 16.0 Å². The molecule has 1 unspecified atom stereocenters. The van der Waals surface area contributed by atoms with Crippen LogP contribution in [0.1, 0.15) is 37.3 Å². The lowest BCUT2D eigenvalue weighted by molar-refractivity contribution is -0.116. The largest absolute Gasteiger partial charge is 0.356 e. The van der Waals surface area contributed by atoms with Gasteiger partial charge in [0.15, 0.2) is 5.96 Å². The van der Waals surface area contributed by atoms with Crippen molar-refractivity contribution in [2.24, 2.45) is 4.99 Å². The molecule has 2 aromatic rings. The number of nitrogens with one attached hydrogen (secondary N) is 3. The Labute approximate surface area is 171 Å². The minimum atomic E-state index is -0.159. The van der Waals surface area contributed by atoms with Crippen LogP contribution >= 0.6 is 11.6 Å². The minimum Gasteiger partial charge on any atom is -0.356 e. The summed E-state index contributed by atoms with van der Waals surface area (Å²) >= 11 is 6.37. The summed E-state index contributed by atoms with van der Waals surface area (Å²) in [5.74, 6) is 0.872. The molecule has 3 rings (SSSR count). The third kappa shape index (κ3) is 4.65. The van der Waals surface area contributed by atoms with Crippen molar-refractivity contribution < 1.29 is 4.79 Å². The monoisotopic (exact) mass is 398 g/mol. The van der Waals surface area contributed by atoms with E-state index in [9.17, 15) is 4.79 Å². The van der Waals surface area contributed by atoms with Crippen molar-refractivity contribution in [3.05, 3.63) is 64.7 Å². The number of anilines is 1. The van der Waals surface area contributed by atoms with Gasteiger partial charge in [-0.25, -0.2) is 0 Å². The number of halogens is 1. The molecule has 28 heavy (non-hydrogen) atoms. The highest BCUT2D eigenvalue weighted by Crippen LogP contribution is 2.31. The third-order valence-corrected chi connectivity index (χ3v) is 5.48. The molecule has 0 aliphatic carbocycles. The van der Waals surface area contributed by atoms with Gasteiger partial charge in [-0.1, -0.05) is 61.8 Å². The van der Waals surface area contributed by atoms with Gasteiger partial charge >= 0.3 is 0 Å². The van der Waals surface area contributed by atoms with Gasteiger partial charge in [-0.3, -0.25) is 9.79 Å². The summed E-state index contributed by atoms with van der Waals surface area (Å²) in [7, 11) is 1.75. The number of guanidine groups is 1. The summed E-state index contributed by atoms with van der Waals surface area (Å²) in [6.07, 6.45) is 0.464. The quantitative estimate of drug-likeness (QED) is 0.528. The zero-order valence-corrected chi connectivity index (χ0v) is 17.3. The lowest BCUT2D eigenvalue weighted by Crippen LogP contribution is -2.45. The van der Waals surface area contributed by atoms with Crippen LogP contribution in [0.15, 0.2) is 53.5 Å². The number of carbonyl (C=O) groups excluding carboxylic acids is 1. The summed E-state index contributed by atoms with van der Waals surface area (Å²) in [6.45, 7) is 5.61. The van der Waals surface area contributed by atoms with Crippen molar-refractivity contribution in [2.75, 3.05) is 25.5 Å². The first-order valence-electron chi connectivity index (χ1n) is 9.49. The van der Waals surface area contributed by atoms with E-state index in [2.05, 4.69) is 46.9 Å². The lowest BCUT2D eigenvalue weighted by Gasteiger charge is -2.29. The van der Waals surface area contributed by atoms with E-state index in [-0.39, 0.29) is 17.2 Å². The molecule has 1 aliphatic heterocycles. The Morgan fingerprint density at radius 1 is 1.18 bits per heavy atom. The van der Waals surface area contributed by atoms with Crippen LogP contribution in [0.4, 0.5) is 5.69 Å². The van der Waals surface area contributed by atoms with Gasteiger partial charge in [0.05, 0.1) is 0 Å². The molecule has 0 saturated heterocycles. The molecule has 6 heteroatoms. The van der Waals surface area contributed by atoms with Crippen LogP contribution in [0.2, 0.25) is 5.02 Å². The van der Waals surface area contributed by atoms with Crippen molar-refractivity contribution in [3.8, 4) is 0 Å². The molecule has 0 spiro atoms. The first-order valence-corrected chi connectivity index (χ1v) is 9.87. The molecule has 3 N–H and O–H groups in total. The maximum absolute atomic E-state index is 12.0. The fourth-order valence-electron chi connectivity index (χ4n) is 3.53. The fraction of sp³-hybridized carbons (Fsp3) is 0.364. The van der Waals surface area contributed by atoms with Crippen LogP contribution in [0.5, 0.6) is 0 Å². The first kappa shape index (κ1) is 20.2. The highest BCUT2D eigenvalue weighted by Gasteiger charge is 2.26. The summed E-state index contributed by atoms with van der Waals surface area (Å²) in [5.41, 5.74) is 2.99. The highest BCUT2D eigenvalue weighted by molar-refractivity contribution is 6.31. The van der Waals surface area contributed by atoms with E-state index in [4.69, 9.17) is 11.6 Å². The zero-order valence-electron chi connectivity index (χ0n) is 16.6. The second kappa shape index (κ2) is 8.65. The number of aliphatic imine (C=N–C) groups is 1. The molecule has 2 aromatic carbocycles. The molecule has 1 heterocycles. The summed E-state index contributed by atoms with van der Waals surface area (Å²) in [4.78, 5) is 16.3. The average Bonchev–Trinajstić information content (AvgIpc) is 2.68. The van der Waals surface area contributed by atoms with E-state index >= 15 is 0 Å². The molecule has 5 nitrogen and oxygen atoms in total. The van der Waals surface area contributed by atoms with Crippen molar-refractivity contribution >= 4 is 29.2 Å². The van der Waals surface area contributed by atoms with Gasteiger partial charge < -0.3 is 16.0 Å². The fourth-order valence-corrected chi connectivity index (χ4v) is 3.93. The maximum Gasteiger partial charge on any atom is 0.225 e. The average molecular weight is 399 g/mol. The van der Waals surface area contributed by atoms with Crippen LogP contribution in [0, 0.1) is 0 Å². The Bertz CT molecular complexity index is 878. The molecule has 0 saturated carbocycles. The standard InChI is InChI=1S/C22H27ClN4O/c1-22(2,17-9-5-6-10-18(17)23)14-26-21(24-3)25-13-15-12-20(28)27-19-11-7-4-8-16(15)19/h4-11,15H,12-14H2,1-3H3,(H,27,28)(H2,24,25,26). The molecule has 1 aliphatic rings. The number of hydrogen-bond donors (Lipinski definition) is 3. The summed E-state index contributed by atoms with van der Waals surface area (Å²) < 4.78 is 0. The number of fused-ring (bicyclic) bond motifs is 1. The normalized spacial score (nSPS) is 16.9. The van der Waals surface area contributed by atoms with Crippen LogP contribution in [0.3, 0.4) is 0 Å². The maximum atomic E-state index is 12.0. The zero-order chi connectivity index (χ0) is 20.1. The predicted molar refractivity (Wildman–Crippen MR) is 116 cm³/mol. The number of amides is 1. The summed E-state index contributed by atoms with van der Waals surface area (Å²) in [6, 6.07) is 15.9. The van der Waals surface area contributed by atoms with E-state index in [1.807, 2.05) is 36.4 Å². The van der Waals surface area contributed by atoms with Gasteiger partial charge in [-0.15, -0.1) is 0 Å². The van der Waals surface area contributed by atoms with Crippen molar-refractivity contribution in [1.82, 2.24) is 10.6 Å². The Morgan fingerprint density at radius 3 is 2.64 bits per heavy atom. The van der Waals surface area contributed by atoms with Gasteiger partial charge in [-0.2, -0.15) is 0 Å². The number of benzene rings is 2. The molecule has 1 amide bonds. The van der Waals surface area contributed by atoms with E-state index in [1.165, 1.54) is 0 Å². The van der Waals surface area contributed by atoms with Crippen LogP contribution in [-0.2, 0) is 10.2 Å². The van der Waals surface area contributed by atoms with Crippen molar-refractivity contribution in [1.29, 1.82) is 0 Å². The minimum absolute atomic E-state index is 0.0494. The van der Waals surface area contributed by atoms with Gasteiger partial charge in [0.25, 0.3) is 0 Å². The van der Waals surface area contributed by atoms with Gasteiger partial charge in [-0.05, 0) is 23.3 Å². The lowest BCUT2D eigenvalue weighted by atomic mass is 9.84. The second-order valence-corrected chi connectivity index (χ2v) is 8.11. The topological polar surface area (TPSA) is 65.5 Å². The Morgan fingerprint density at radius 2 is 1.89 bits per heavy atom. The Balaban J connectivity index is 1.61. The van der Waals surface area contributed by atoms with Crippen molar-refractivity contribution in [3.63, 3.8) is 0 Å². The van der Waals surface area contributed by atoms with E-state index in [0.29, 0.717) is 25.5 Å². The smallest absolute Gasteiger partial charge is 0.225 e. The molecule has 0 aromatic heterocycles. The Kier molecular flexibility index (Phi) is 6.25. The third-order valence-electron chi connectivity index (χ3n) is 5.15. The van der Waals surface area contributed by atoms with E-state index in [1.54, 1.807) is 7.05 Å². The summed E-state index contributed by atoms with van der Waals surface area (Å²) in [5, 5.41) is 10.5. The second-order valence-electron chi connectivity index (χ2n) is 7.71. The van der Waals surface area contributed by atoms with Crippen molar-refractivity contribution in [2.45, 2.75) is 31.6 Å². The van der Waals surface area contributed by atoms with Gasteiger partial charge in [0.2, 0.25) is 5.91 Å². The first-order chi connectivity index (χ1) is 13.4. The van der Waals surface area contributed by atoms with E-state index < -0.39 is 0 Å². The van der Waals surface area contributed by atoms with Gasteiger partial charge in [0, 0.05) is 48.6 Å². The van der Waals surface area contributed by atoms with Gasteiger partial charge in [0.1, 0.15) is 0 Å². The van der Waals surface area contributed by atoms with Crippen LogP contribution in [0.25, 0.3) is 0 Å².